The Morgan fingerprint density at radius 2 is 0.607 bits per heavy atom. The summed E-state index contributed by atoms with van der Waals surface area (Å²) in [4.78, 5) is 0. The highest BCUT2D eigenvalue weighted by Gasteiger charge is 2.02. The van der Waals surface area contributed by atoms with Gasteiger partial charge in [0.2, 0.25) is 0 Å². The molecule has 28 heavy (non-hydrogen) atoms. The summed E-state index contributed by atoms with van der Waals surface area (Å²) in [5.74, 6) is 3.34. The monoisotopic (exact) mass is 366 g/mol. The van der Waals surface area contributed by atoms with Gasteiger partial charge in [-0.1, -0.05) is 59.7 Å². The summed E-state index contributed by atoms with van der Waals surface area (Å²) in [6, 6.07) is 32.4. The molecule has 2 nitrogen and oxygen atoms in total. The van der Waals surface area contributed by atoms with E-state index in [1.807, 2.05) is 72.8 Å². The maximum atomic E-state index is 5.90. The summed E-state index contributed by atoms with van der Waals surface area (Å²) in [6.45, 7) is 4.13. The summed E-state index contributed by atoms with van der Waals surface area (Å²) < 4.78 is 11.8. The van der Waals surface area contributed by atoms with Gasteiger partial charge in [0.25, 0.3) is 0 Å². The molecule has 0 aliphatic heterocycles. The molecule has 138 valence electrons. The Morgan fingerprint density at radius 1 is 0.357 bits per heavy atom. The van der Waals surface area contributed by atoms with Crippen LogP contribution < -0.4 is 9.47 Å². The second-order valence-electron chi connectivity index (χ2n) is 6.88. The fourth-order valence-electron chi connectivity index (χ4n) is 2.92. The Morgan fingerprint density at radius 3 is 0.893 bits per heavy atom. The summed E-state index contributed by atoms with van der Waals surface area (Å²) in [5, 5.41) is 0. The van der Waals surface area contributed by atoms with Gasteiger partial charge in [-0.05, 0) is 73.5 Å². The van der Waals surface area contributed by atoms with Crippen LogP contribution in [0.15, 0.2) is 97.1 Å². The minimum atomic E-state index is 0.826. The Hall–Kier alpha value is -3.52. The van der Waals surface area contributed by atoms with Gasteiger partial charge in [-0.15, -0.1) is 0 Å². The van der Waals surface area contributed by atoms with Gasteiger partial charge >= 0.3 is 0 Å². The molecule has 0 saturated carbocycles. The smallest absolute Gasteiger partial charge is 0.127 e. The molecular formula is C26H22O2. The zero-order chi connectivity index (χ0) is 19.3. The molecular weight excluding hydrogens is 344 g/mol. The second-order valence-corrected chi connectivity index (χ2v) is 6.88. The fourth-order valence-corrected chi connectivity index (χ4v) is 2.92. The van der Waals surface area contributed by atoms with Crippen molar-refractivity contribution < 1.29 is 9.47 Å². The van der Waals surface area contributed by atoms with E-state index in [1.165, 1.54) is 11.1 Å². The van der Waals surface area contributed by atoms with Crippen LogP contribution in [0.2, 0.25) is 0 Å². The highest BCUT2D eigenvalue weighted by Crippen LogP contribution is 2.28. The van der Waals surface area contributed by atoms with Crippen molar-refractivity contribution in [3.63, 3.8) is 0 Å². The summed E-state index contributed by atoms with van der Waals surface area (Å²) in [6.07, 6.45) is 0. The summed E-state index contributed by atoms with van der Waals surface area (Å²) in [5.41, 5.74) is 4.71. The number of rotatable bonds is 5. The maximum Gasteiger partial charge on any atom is 0.127 e. The summed E-state index contributed by atoms with van der Waals surface area (Å²) >= 11 is 0. The van der Waals surface area contributed by atoms with Crippen LogP contribution in [0.25, 0.3) is 11.1 Å². The Labute approximate surface area is 166 Å². The van der Waals surface area contributed by atoms with E-state index in [-0.39, 0.29) is 0 Å². The number of hydrogen-bond donors (Lipinski definition) is 0. The number of ether oxygens (including phenoxy) is 2. The molecule has 0 aromatic heterocycles. The normalized spacial score (nSPS) is 10.5. The third-order valence-corrected chi connectivity index (χ3v) is 4.56. The van der Waals surface area contributed by atoms with Crippen molar-refractivity contribution in [1.82, 2.24) is 0 Å². The molecule has 0 spiro atoms. The average Bonchev–Trinajstić information content (AvgIpc) is 2.73. The van der Waals surface area contributed by atoms with Crippen LogP contribution in [-0.2, 0) is 0 Å². The minimum Gasteiger partial charge on any atom is -0.457 e. The molecule has 2 heteroatoms. The van der Waals surface area contributed by atoms with Crippen LogP contribution in [0, 0.1) is 13.8 Å². The van der Waals surface area contributed by atoms with E-state index in [9.17, 15) is 0 Å². The van der Waals surface area contributed by atoms with Gasteiger partial charge in [0, 0.05) is 0 Å². The lowest BCUT2D eigenvalue weighted by atomic mass is 10.1. The molecule has 0 aliphatic carbocycles. The van der Waals surface area contributed by atoms with E-state index >= 15 is 0 Å². The summed E-state index contributed by atoms with van der Waals surface area (Å²) in [7, 11) is 0. The third kappa shape index (κ3) is 4.41. The standard InChI is InChI=1S/C26H22O2/c1-19-3-11-23(12-4-19)27-25-15-7-21(8-16-25)22-9-17-26(18-10-22)28-24-13-5-20(2)6-14-24/h3-18H,1-2H3. The van der Waals surface area contributed by atoms with Gasteiger partial charge in [-0.3, -0.25) is 0 Å². The van der Waals surface area contributed by atoms with Gasteiger partial charge < -0.3 is 9.47 Å². The van der Waals surface area contributed by atoms with Crippen LogP contribution >= 0.6 is 0 Å². The van der Waals surface area contributed by atoms with Crippen LogP contribution in [0.3, 0.4) is 0 Å². The Bertz CT molecular complexity index is 941. The number of benzene rings is 4. The molecule has 0 atom stereocenters. The van der Waals surface area contributed by atoms with E-state index in [0.717, 1.165) is 34.1 Å². The van der Waals surface area contributed by atoms with E-state index in [2.05, 4.69) is 38.1 Å². The third-order valence-electron chi connectivity index (χ3n) is 4.56. The van der Waals surface area contributed by atoms with E-state index in [0.29, 0.717) is 0 Å². The van der Waals surface area contributed by atoms with Crippen LogP contribution in [0.5, 0.6) is 23.0 Å². The van der Waals surface area contributed by atoms with Crippen molar-refractivity contribution >= 4 is 0 Å². The molecule has 0 heterocycles. The predicted molar refractivity (Wildman–Crippen MR) is 114 cm³/mol. The minimum absolute atomic E-state index is 0.826. The molecule has 0 saturated heterocycles. The first-order chi connectivity index (χ1) is 13.7. The van der Waals surface area contributed by atoms with Gasteiger partial charge in [-0.25, -0.2) is 0 Å². The second kappa shape index (κ2) is 8.01. The van der Waals surface area contributed by atoms with Crippen LogP contribution in [-0.4, -0.2) is 0 Å². The Balaban J connectivity index is 1.43. The lowest BCUT2D eigenvalue weighted by Crippen LogP contribution is -1.86. The maximum absolute atomic E-state index is 5.90. The molecule has 0 unspecified atom stereocenters. The zero-order valence-corrected chi connectivity index (χ0v) is 16.1. The molecule has 0 N–H and O–H groups in total. The van der Waals surface area contributed by atoms with Gasteiger partial charge in [0.05, 0.1) is 0 Å². The van der Waals surface area contributed by atoms with Crippen molar-refractivity contribution in [3.8, 4) is 34.1 Å². The molecule has 0 bridgehead atoms. The highest BCUT2D eigenvalue weighted by molar-refractivity contribution is 5.65. The predicted octanol–water partition coefficient (Wildman–Crippen LogP) is 7.56. The van der Waals surface area contributed by atoms with E-state index in [4.69, 9.17) is 9.47 Å². The van der Waals surface area contributed by atoms with Crippen molar-refractivity contribution in [2.75, 3.05) is 0 Å². The highest BCUT2D eigenvalue weighted by atomic mass is 16.5. The van der Waals surface area contributed by atoms with Gasteiger partial charge in [0.1, 0.15) is 23.0 Å². The van der Waals surface area contributed by atoms with Crippen molar-refractivity contribution in [2.24, 2.45) is 0 Å². The molecule has 4 aromatic rings. The van der Waals surface area contributed by atoms with Crippen LogP contribution in [0.4, 0.5) is 0 Å². The van der Waals surface area contributed by atoms with Crippen molar-refractivity contribution in [3.05, 3.63) is 108 Å². The first-order valence-electron chi connectivity index (χ1n) is 9.35. The largest absolute Gasteiger partial charge is 0.457 e. The lowest BCUT2D eigenvalue weighted by Gasteiger charge is -2.09. The van der Waals surface area contributed by atoms with E-state index in [1.54, 1.807) is 0 Å². The quantitative estimate of drug-likeness (QED) is 0.363. The zero-order valence-electron chi connectivity index (χ0n) is 16.1. The molecule has 4 aromatic carbocycles. The SMILES string of the molecule is Cc1ccc(Oc2ccc(-c3ccc(Oc4ccc(C)cc4)cc3)cc2)cc1. The van der Waals surface area contributed by atoms with Crippen molar-refractivity contribution in [2.45, 2.75) is 13.8 Å². The Kier molecular flexibility index (Phi) is 5.11. The molecule has 0 fully saturated rings. The first-order valence-corrected chi connectivity index (χ1v) is 9.35. The fraction of sp³-hybridized carbons (Fsp3) is 0.0769. The molecule has 0 radical (unpaired) electrons. The number of hydrogen-bond acceptors (Lipinski definition) is 2. The van der Waals surface area contributed by atoms with E-state index < -0.39 is 0 Å². The van der Waals surface area contributed by atoms with Crippen molar-refractivity contribution in [1.29, 1.82) is 0 Å². The molecule has 0 aliphatic rings. The van der Waals surface area contributed by atoms with Crippen LogP contribution in [0.1, 0.15) is 11.1 Å². The first kappa shape index (κ1) is 17.9. The lowest BCUT2D eigenvalue weighted by molar-refractivity contribution is 0.482. The average molecular weight is 366 g/mol. The van der Waals surface area contributed by atoms with Gasteiger partial charge in [0.15, 0.2) is 0 Å². The van der Waals surface area contributed by atoms with Gasteiger partial charge in [-0.2, -0.15) is 0 Å². The molecule has 4 rings (SSSR count). The topological polar surface area (TPSA) is 18.5 Å². The number of aryl methyl sites for hydroxylation is 2. The molecule has 0 amide bonds.